The fourth-order valence-electron chi connectivity index (χ4n) is 5.09. The van der Waals surface area contributed by atoms with E-state index < -0.39 is 17.9 Å². The first kappa shape index (κ1) is 25.1. The van der Waals surface area contributed by atoms with Crippen molar-refractivity contribution in [2.24, 2.45) is 11.8 Å². The van der Waals surface area contributed by atoms with E-state index >= 15 is 0 Å². The van der Waals surface area contributed by atoms with Gasteiger partial charge >= 0.3 is 5.97 Å². The van der Waals surface area contributed by atoms with Crippen LogP contribution < -0.4 is 10.6 Å². The maximum atomic E-state index is 13.1. The number of fused-ring (bicyclic) bond motifs is 1. The Labute approximate surface area is 206 Å². The molecule has 0 bridgehead atoms. The van der Waals surface area contributed by atoms with E-state index in [1.807, 2.05) is 6.92 Å². The molecule has 2 fully saturated rings. The Balaban J connectivity index is 1.44. The van der Waals surface area contributed by atoms with Crippen LogP contribution in [0, 0.1) is 18.8 Å². The van der Waals surface area contributed by atoms with Gasteiger partial charge in [0.2, 0.25) is 17.7 Å². The zero-order valence-corrected chi connectivity index (χ0v) is 21.1. The number of thioether (sulfide) groups is 1. The molecule has 4 rings (SSSR count). The molecule has 3 amide bonds. The SMILES string of the molecule is Cc1nnnn1CC(=O)N[C@H](C)[C@H]1C(=O)N2C(C(=O)O)=C(S[C@@H]3CNC(C(=O)N(C)C)C3)[C@H](C)[C@H]12. The lowest BCUT2D eigenvalue weighted by molar-refractivity contribution is -0.158. The number of carbonyl (C=O) groups is 4. The Morgan fingerprint density at radius 2 is 2.06 bits per heavy atom. The molecule has 0 spiro atoms. The van der Waals surface area contributed by atoms with E-state index in [9.17, 15) is 24.3 Å². The van der Waals surface area contributed by atoms with Crippen LogP contribution in [-0.4, -0.2) is 103 Å². The third-order valence-electron chi connectivity index (χ3n) is 6.85. The van der Waals surface area contributed by atoms with Crippen LogP contribution in [0.3, 0.4) is 0 Å². The van der Waals surface area contributed by atoms with Crippen LogP contribution in [0.5, 0.6) is 0 Å². The molecule has 190 valence electrons. The minimum atomic E-state index is -1.15. The molecule has 3 N–H and O–H groups in total. The molecule has 4 heterocycles. The Hall–Kier alpha value is -3.00. The number of carboxylic acid groups (broad SMARTS) is 1. The smallest absolute Gasteiger partial charge is 0.353 e. The van der Waals surface area contributed by atoms with Crippen molar-refractivity contribution in [3.05, 3.63) is 16.4 Å². The Kier molecular flexibility index (Phi) is 6.86. The maximum Gasteiger partial charge on any atom is 0.353 e. The van der Waals surface area contributed by atoms with Gasteiger partial charge in [-0.15, -0.1) is 16.9 Å². The average molecular weight is 507 g/mol. The molecule has 35 heavy (non-hydrogen) atoms. The van der Waals surface area contributed by atoms with Gasteiger partial charge in [0.1, 0.15) is 18.1 Å². The number of aliphatic carboxylic acids is 1. The van der Waals surface area contributed by atoms with Crippen molar-refractivity contribution in [1.29, 1.82) is 0 Å². The van der Waals surface area contributed by atoms with Gasteiger partial charge in [0.15, 0.2) is 0 Å². The summed E-state index contributed by atoms with van der Waals surface area (Å²) in [6.07, 6.45) is 0.579. The minimum Gasteiger partial charge on any atom is -0.477 e. The summed E-state index contributed by atoms with van der Waals surface area (Å²) in [6.45, 7) is 5.85. The second kappa shape index (κ2) is 9.57. The van der Waals surface area contributed by atoms with Crippen LogP contribution in [0.1, 0.15) is 26.1 Å². The molecule has 0 aromatic carbocycles. The number of hydrogen-bond acceptors (Lipinski definition) is 9. The molecule has 0 saturated carbocycles. The molecule has 1 aromatic heterocycles. The van der Waals surface area contributed by atoms with Gasteiger partial charge in [-0.25, -0.2) is 9.48 Å². The van der Waals surface area contributed by atoms with Gasteiger partial charge in [-0.05, 0) is 30.7 Å². The van der Waals surface area contributed by atoms with Crippen molar-refractivity contribution in [1.82, 2.24) is 40.6 Å². The van der Waals surface area contributed by atoms with Gasteiger partial charge in [-0.2, -0.15) is 0 Å². The van der Waals surface area contributed by atoms with E-state index in [-0.39, 0.29) is 53.2 Å². The van der Waals surface area contributed by atoms with Crippen molar-refractivity contribution >= 4 is 35.5 Å². The lowest BCUT2D eigenvalue weighted by Gasteiger charge is -2.47. The van der Waals surface area contributed by atoms with Crippen molar-refractivity contribution < 1.29 is 24.3 Å². The normalized spacial score (nSPS) is 28.5. The molecule has 3 aliphatic heterocycles. The second-order valence-electron chi connectivity index (χ2n) is 9.44. The fourth-order valence-corrected chi connectivity index (χ4v) is 6.57. The van der Waals surface area contributed by atoms with Crippen molar-refractivity contribution in [3.63, 3.8) is 0 Å². The van der Waals surface area contributed by atoms with Gasteiger partial charge in [-0.1, -0.05) is 6.92 Å². The zero-order valence-electron chi connectivity index (χ0n) is 20.3. The summed E-state index contributed by atoms with van der Waals surface area (Å²) in [5, 5.41) is 27.0. The number of aromatic nitrogens is 4. The summed E-state index contributed by atoms with van der Waals surface area (Å²) in [4.78, 5) is 53.6. The molecule has 3 aliphatic rings. The molecule has 0 radical (unpaired) electrons. The van der Waals surface area contributed by atoms with Gasteiger partial charge < -0.3 is 25.5 Å². The first-order valence-electron chi connectivity index (χ1n) is 11.4. The largest absolute Gasteiger partial charge is 0.477 e. The Morgan fingerprint density at radius 1 is 1.34 bits per heavy atom. The Bertz CT molecular complexity index is 1090. The fraction of sp³-hybridized carbons (Fsp3) is 0.667. The van der Waals surface area contributed by atoms with E-state index in [4.69, 9.17) is 0 Å². The zero-order chi connectivity index (χ0) is 25.6. The molecule has 14 heteroatoms. The molecule has 13 nitrogen and oxygen atoms in total. The monoisotopic (exact) mass is 506 g/mol. The highest BCUT2D eigenvalue weighted by molar-refractivity contribution is 8.03. The third kappa shape index (κ3) is 4.51. The molecule has 0 aliphatic carbocycles. The number of nitrogens with zero attached hydrogens (tertiary/aromatic N) is 6. The van der Waals surface area contributed by atoms with Crippen molar-refractivity contribution in [2.45, 2.75) is 57.1 Å². The van der Waals surface area contributed by atoms with Crippen LogP contribution in [0.4, 0.5) is 0 Å². The standard InChI is InChI=1S/C21H30N8O5S/c1-9-16-15(10(2)23-14(30)8-28-11(3)24-25-26-28)20(32)29(16)17(21(33)34)18(9)35-12-6-13(22-7-12)19(31)27(4)5/h9-10,12-13,15-16,22H,6-8H2,1-5H3,(H,23,30)(H,33,34)/t9-,10-,12+,13?,15-,16-/m1/s1. The summed E-state index contributed by atoms with van der Waals surface area (Å²) in [6, 6.07) is -1.15. The van der Waals surface area contributed by atoms with Crippen molar-refractivity contribution in [2.75, 3.05) is 20.6 Å². The maximum absolute atomic E-state index is 13.1. The lowest BCUT2D eigenvalue weighted by atomic mass is 9.78. The molecule has 6 atom stereocenters. The van der Waals surface area contributed by atoms with E-state index in [0.29, 0.717) is 23.7 Å². The number of β-lactam (4-membered cyclic amide) rings is 1. The third-order valence-corrected chi connectivity index (χ3v) is 8.36. The molecular formula is C21H30N8O5S. The number of hydrogen-bond donors (Lipinski definition) is 3. The van der Waals surface area contributed by atoms with E-state index in [1.165, 1.54) is 26.2 Å². The summed E-state index contributed by atoms with van der Waals surface area (Å²) >= 11 is 1.43. The first-order valence-corrected chi connectivity index (χ1v) is 12.3. The molecule has 1 aromatic rings. The van der Waals surface area contributed by atoms with E-state index in [1.54, 1.807) is 27.9 Å². The van der Waals surface area contributed by atoms with Crippen LogP contribution in [0.25, 0.3) is 0 Å². The average Bonchev–Trinajstić information content (AvgIpc) is 3.46. The molecule has 2 saturated heterocycles. The highest BCUT2D eigenvalue weighted by Gasteiger charge is 2.60. The van der Waals surface area contributed by atoms with Gasteiger partial charge in [0.25, 0.3) is 0 Å². The number of likely N-dealkylation sites (N-methyl/N-ethyl adjacent to an activating group) is 1. The predicted molar refractivity (Wildman–Crippen MR) is 125 cm³/mol. The number of amides is 3. The number of rotatable bonds is 8. The van der Waals surface area contributed by atoms with Crippen LogP contribution >= 0.6 is 11.8 Å². The number of carbonyl (C=O) groups excluding carboxylic acids is 3. The highest BCUT2D eigenvalue weighted by Crippen LogP contribution is 2.51. The van der Waals surface area contributed by atoms with Crippen LogP contribution in [0.15, 0.2) is 10.6 Å². The quantitative estimate of drug-likeness (QED) is 0.365. The van der Waals surface area contributed by atoms with Crippen molar-refractivity contribution in [3.8, 4) is 0 Å². The Morgan fingerprint density at radius 3 is 2.66 bits per heavy atom. The van der Waals surface area contributed by atoms with Gasteiger partial charge in [-0.3, -0.25) is 14.4 Å². The first-order chi connectivity index (χ1) is 16.5. The molecular weight excluding hydrogens is 476 g/mol. The summed E-state index contributed by atoms with van der Waals surface area (Å²) in [7, 11) is 3.41. The van der Waals surface area contributed by atoms with Gasteiger partial charge in [0, 0.05) is 42.8 Å². The second-order valence-corrected chi connectivity index (χ2v) is 10.8. The topological polar surface area (TPSA) is 163 Å². The predicted octanol–water partition coefficient (Wildman–Crippen LogP) is -1.19. The number of tetrazole rings is 1. The lowest BCUT2D eigenvalue weighted by Crippen LogP contribution is -2.66. The summed E-state index contributed by atoms with van der Waals surface area (Å²) in [5.74, 6) is -2.06. The minimum absolute atomic E-state index is 0.0129. The van der Waals surface area contributed by atoms with E-state index in [0.717, 1.165) is 0 Å². The summed E-state index contributed by atoms with van der Waals surface area (Å²) in [5.41, 5.74) is 0.0129. The van der Waals surface area contributed by atoms with Gasteiger partial charge in [0.05, 0.1) is 18.0 Å². The highest BCUT2D eigenvalue weighted by atomic mass is 32.2. The number of aryl methyl sites for hydroxylation is 1. The summed E-state index contributed by atoms with van der Waals surface area (Å²) < 4.78 is 1.36. The molecule has 1 unspecified atom stereocenters. The van der Waals surface area contributed by atoms with Crippen LogP contribution in [-0.2, 0) is 25.7 Å². The van der Waals surface area contributed by atoms with E-state index in [2.05, 4.69) is 26.2 Å². The number of nitrogens with one attached hydrogen (secondary N) is 2. The van der Waals surface area contributed by atoms with Crippen LogP contribution in [0.2, 0.25) is 0 Å². The number of carboxylic acids is 1.